The third-order valence-corrected chi connectivity index (χ3v) is 3.09. The Morgan fingerprint density at radius 1 is 1.10 bits per heavy atom. The van der Waals surface area contributed by atoms with Gasteiger partial charge in [0.25, 0.3) is 0 Å². The molecule has 1 N–H and O–H groups in total. The van der Waals surface area contributed by atoms with Crippen molar-refractivity contribution in [1.29, 1.82) is 0 Å². The van der Waals surface area contributed by atoms with Gasteiger partial charge in [0.2, 0.25) is 0 Å². The molecule has 0 aliphatic rings. The van der Waals surface area contributed by atoms with Crippen molar-refractivity contribution in [3.8, 4) is 5.75 Å². The fraction of sp³-hybridized carbons (Fsp3) is 0.647. The quantitative estimate of drug-likeness (QED) is 0.661. The summed E-state index contributed by atoms with van der Waals surface area (Å²) in [4.78, 5) is 0. The van der Waals surface area contributed by atoms with Gasteiger partial charge in [-0.05, 0) is 24.9 Å². The zero-order chi connectivity index (χ0) is 14.8. The summed E-state index contributed by atoms with van der Waals surface area (Å²) in [6.45, 7) is 11.6. The maximum atomic E-state index is 5.88. The Kier molecular flexibility index (Phi) is 8.31. The molecular weight excluding hydrogens is 250 g/mol. The number of hydrogen-bond acceptors (Lipinski definition) is 3. The van der Waals surface area contributed by atoms with E-state index in [0.717, 1.165) is 25.3 Å². The highest BCUT2D eigenvalue weighted by Gasteiger charge is 2.12. The second-order valence-corrected chi connectivity index (χ2v) is 5.37. The van der Waals surface area contributed by atoms with Gasteiger partial charge in [-0.2, -0.15) is 0 Å². The minimum atomic E-state index is 0.354. The molecule has 0 spiro atoms. The lowest BCUT2D eigenvalue weighted by Gasteiger charge is -2.20. The molecule has 0 aliphatic heterocycles. The summed E-state index contributed by atoms with van der Waals surface area (Å²) in [5, 5.41) is 3.49. The van der Waals surface area contributed by atoms with Gasteiger partial charge in [-0.25, -0.2) is 0 Å². The molecule has 0 saturated carbocycles. The van der Waals surface area contributed by atoms with Crippen LogP contribution in [0, 0.1) is 5.92 Å². The fourth-order valence-corrected chi connectivity index (χ4v) is 2.15. The minimum Gasteiger partial charge on any atom is -0.491 e. The van der Waals surface area contributed by atoms with Crippen LogP contribution in [0.5, 0.6) is 5.75 Å². The zero-order valence-corrected chi connectivity index (χ0v) is 13.3. The van der Waals surface area contributed by atoms with E-state index in [9.17, 15) is 0 Å². The lowest BCUT2D eigenvalue weighted by molar-refractivity contribution is 0.0814. The number of ether oxygens (including phenoxy) is 2. The zero-order valence-electron chi connectivity index (χ0n) is 13.3. The highest BCUT2D eigenvalue weighted by Crippen LogP contribution is 2.26. The average molecular weight is 279 g/mol. The first kappa shape index (κ1) is 17.0. The van der Waals surface area contributed by atoms with Crippen LogP contribution >= 0.6 is 0 Å². The predicted octanol–water partition coefficient (Wildman–Crippen LogP) is 3.80. The minimum absolute atomic E-state index is 0.354. The lowest BCUT2D eigenvalue weighted by Crippen LogP contribution is -2.21. The topological polar surface area (TPSA) is 30.5 Å². The molecule has 0 aliphatic carbocycles. The highest BCUT2D eigenvalue weighted by atomic mass is 16.5. The van der Waals surface area contributed by atoms with E-state index in [1.54, 1.807) is 0 Å². The van der Waals surface area contributed by atoms with E-state index in [4.69, 9.17) is 9.47 Å². The van der Waals surface area contributed by atoms with Crippen molar-refractivity contribution >= 4 is 0 Å². The van der Waals surface area contributed by atoms with Gasteiger partial charge in [0.1, 0.15) is 12.4 Å². The Labute approximate surface area is 123 Å². The van der Waals surface area contributed by atoms with Crippen molar-refractivity contribution in [2.75, 3.05) is 26.4 Å². The summed E-state index contributed by atoms with van der Waals surface area (Å²) in [7, 11) is 0. The Morgan fingerprint density at radius 2 is 1.85 bits per heavy atom. The van der Waals surface area contributed by atoms with Crippen LogP contribution in [0.15, 0.2) is 24.3 Å². The number of hydrogen-bond donors (Lipinski definition) is 1. The van der Waals surface area contributed by atoms with Crippen molar-refractivity contribution in [3.05, 3.63) is 29.8 Å². The molecule has 0 amide bonds. The van der Waals surface area contributed by atoms with Gasteiger partial charge < -0.3 is 14.8 Å². The molecule has 114 valence electrons. The molecule has 3 heteroatoms. The van der Waals surface area contributed by atoms with E-state index >= 15 is 0 Å². The van der Waals surface area contributed by atoms with Crippen LogP contribution in [0.3, 0.4) is 0 Å². The first-order chi connectivity index (χ1) is 9.69. The molecule has 0 saturated heterocycles. The fourth-order valence-electron chi connectivity index (χ4n) is 2.15. The van der Waals surface area contributed by atoms with Crippen LogP contribution in [0.1, 0.15) is 45.7 Å². The van der Waals surface area contributed by atoms with Crippen LogP contribution in [-0.4, -0.2) is 26.4 Å². The van der Waals surface area contributed by atoms with Crippen molar-refractivity contribution in [1.82, 2.24) is 5.32 Å². The Morgan fingerprint density at radius 3 is 2.50 bits per heavy atom. The normalized spacial score (nSPS) is 12.7. The number of rotatable bonds is 10. The molecular formula is C17H29NO2. The third kappa shape index (κ3) is 5.93. The standard InChI is InChI=1S/C17H29NO2/c1-5-16(18-6-2)15-9-7-8-10-17(15)20-12-11-19-13-14(3)4/h7-10,14,16,18H,5-6,11-13H2,1-4H3. The van der Waals surface area contributed by atoms with E-state index in [1.165, 1.54) is 5.56 Å². The van der Waals surface area contributed by atoms with Crippen LogP contribution in [-0.2, 0) is 4.74 Å². The van der Waals surface area contributed by atoms with E-state index < -0.39 is 0 Å². The van der Waals surface area contributed by atoms with Gasteiger partial charge in [-0.1, -0.05) is 45.9 Å². The second kappa shape index (κ2) is 9.78. The van der Waals surface area contributed by atoms with Gasteiger partial charge in [0.15, 0.2) is 0 Å². The van der Waals surface area contributed by atoms with Gasteiger partial charge in [-0.3, -0.25) is 0 Å². The Bertz CT molecular complexity index is 366. The second-order valence-electron chi connectivity index (χ2n) is 5.37. The maximum absolute atomic E-state index is 5.88. The molecule has 20 heavy (non-hydrogen) atoms. The molecule has 0 bridgehead atoms. The highest BCUT2D eigenvalue weighted by molar-refractivity contribution is 5.35. The van der Waals surface area contributed by atoms with E-state index in [2.05, 4.69) is 45.1 Å². The van der Waals surface area contributed by atoms with E-state index in [-0.39, 0.29) is 0 Å². The molecule has 1 atom stereocenters. The molecule has 0 aromatic heterocycles. The monoisotopic (exact) mass is 279 g/mol. The molecule has 1 aromatic carbocycles. The van der Waals surface area contributed by atoms with Crippen LogP contribution in [0.2, 0.25) is 0 Å². The van der Waals surface area contributed by atoms with Crippen molar-refractivity contribution in [2.24, 2.45) is 5.92 Å². The summed E-state index contributed by atoms with van der Waals surface area (Å²) < 4.78 is 11.4. The predicted molar refractivity (Wildman–Crippen MR) is 84.3 cm³/mol. The molecule has 0 heterocycles. The maximum Gasteiger partial charge on any atom is 0.124 e. The van der Waals surface area contributed by atoms with Crippen LogP contribution in [0.25, 0.3) is 0 Å². The summed E-state index contributed by atoms with van der Waals surface area (Å²) in [6.07, 6.45) is 1.05. The Balaban J connectivity index is 2.52. The number of nitrogens with one attached hydrogen (secondary N) is 1. The van der Waals surface area contributed by atoms with E-state index in [0.29, 0.717) is 25.2 Å². The SMILES string of the molecule is CCNC(CC)c1ccccc1OCCOCC(C)C. The summed E-state index contributed by atoms with van der Waals surface area (Å²) in [5.74, 6) is 1.54. The van der Waals surface area contributed by atoms with Crippen molar-refractivity contribution in [3.63, 3.8) is 0 Å². The summed E-state index contributed by atoms with van der Waals surface area (Å²) in [5.41, 5.74) is 1.24. The van der Waals surface area contributed by atoms with Gasteiger partial charge in [0.05, 0.1) is 6.61 Å². The molecule has 1 unspecified atom stereocenters. The van der Waals surface area contributed by atoms with Crippen LogP contribution in [0.4, 0.5) is 0 Å². The molecule has 1 rings (SSSR count). The lowest BCUT2D eigenvalue weighted by atomic mass is 10.0. The molecule has 1 aromatic rings. The molecule has 3 nitrogen and oxygen atoms in total. The first-order valence-electron chi connectivity index (χ1n) is 7.71. The largest absolute Gasteiger partial charge is 0.491 e. The Hall–Kier alpha value is -1.06. The summed E-state index contributed by atoms with van der Waals surface area (Å²) in [6, 6.07) is 8.62. The van der Waals surface area contributed by atoms with Gasteiger partial charge in [0, 0.05) is 18.2 Å². The number of para-hydroxylation sites is 1. The van der Waals surface area contributed by atoms with Crippen molar-refractivity contribution < 1.29 is 9.47 Å². The third-order valence-electron chi connectivity index (χ3n) is 3.09. The molecule has 0 fully saturated rings. The average Bonchev–Trinajstić information content (AvgIpc) is 2.45. The first-order valence-corrected chi connectivity index (χ1v) is 7.71. The van der Waals surface area contributed by atoms with Crippen LogP contribution < -0.4 is 10.1 Å². The van der Waals surface area contributed by atoms with Gasteiger partial charge >= 0.3 is 0 Å². The van der Waals surface area contributed by atoms with Crippen molar-refractivity contribution in [2.45, 2.75) is 40.2 Å². The smallest absolute Gasteiger partial charge is 0.124 e. The molecule has 0 radical (unpaired) electrons. The van der Waals surface area contributed by atoms with Gasteiger partial charge in [-0.15, -0.1) is 0 Å². The van der Waals surface area contributed by atoms with E-state index in [1.807, 2.05) is 12.1 Å². The number of benzene rings is 1. The summed E-state index contributed by atoms with van der Waals surface area (Å²) >= 11 is 0.